The van der Waals surface area contributed by atoms with E-state index < -0.39 is 0 Å². The number of nitrogens with one attached hydrogen (secondary N) is 1. The number of carbonyl (C=O) groups excluding carboxylic acids is 1. The van der Waals surface area contributed by atoms with E-state index in [4.69, 9.17) is 6.42 Å². The molecule has 0 aromatic heterocycles. The van der Waals surface area contributed by atoms with E-state index in [1.165, 1.54) is 0 Å². The summed E-state index contributed by atoms with van der Waals surface area (Å²) in [6.07, 6.45) is 7.45. The van der Waals surface area contributed by atoms with Gasteiger partial charge in [0.05, 0.1) is 13.1 Å². The van der Waals surface area contributed by atoms with Gasteiger partial charge < -0.3 is 10.2 Å². The maximum Gasteiger partial charge on any atom is 0.236 e. The van der Waals surface area contributed by atoms with Crippen molar-refractivity contribution in [2.24, 2.45) is 0 Å². The van der Waals surface area contributed by atoms with Gasteiger partial charge >= 0.3 is 0 Å². The van der Waals surface area contributed by atoms with Crippen LogP contribution in [0.4, 0.5) is 0 Å². The second-order valence-electron chi connectivity index (χ2n) is 4.70. The van der Waals surface area contributed by atoms with Gasteiger partial charge in [-0.3, -0.25) is 9.69 Å². The molecule has 1 aliphatic heterocycles. The molecule has 1 amide bonds. The van der Waals surface area contributed by atoms with Gasteiger partial charge in [-0.1, -0.05) is 5.92 Å². The van der Waals surface area contributed by atoms with Crippen molar-refractivity contribution in [2.45, 2.75) is 32.7 Å². The van der Waals surface area contributed by atoms with Crippen LogP contribution >= 0.6 is 0 Å². The number of terminal acetylenes is 1. The molecule has 1 N–H and O–H groups in total. The van der Waals surface area contributed by atoms with Crippen molar-refractivity contribution >= 4 is 5.91 Å². The van der Waals surface area contributed by atoms with Crippen molar-refractivity contribution in [2.75, 3.05) is 39.3 Å². The van der Waals surface area contributed by atoms with Crippen molar-refractivity contribution in [1.29, 1.82) is 0 Å². The molecule has 0 bridgehead atoms. The molecule has 0 aromatic carbocycles. The lowest BCUT2D eigenvalue weighted by atomic mass is 10.1. The number of hydrogen-bond donors (Lipinski definition) is 1. The molecule has 0 unspecified atom stereocenters. The summed E-state index contributed by atoms with van der Waals surface area (Å²) in [4.78, 5) is 16.0. The van der Waals surface area contributed by atoms with E-state index in [1.807, 2.05) is 18.7 Å². The van der Waals surface area contributed by atoms with Crippen LogP contribution in [0.2, 0.25) is 0 Å². The predicted molar refractivity (Wildman–Crippen MR) is 74.2 cm³/mol. The number of amides is 1. The minimum atomic E-state index is 0.200. The Morgan fingerprint density at radius 3 is 2.50 bits per heavy atom. The molecule has 0 atom stereocenters. The van der Waals surface area contributed by atoms with Gasteiger partial charge in [-0.25, -0.2) is 0 Å². The Morgan fingerprint density at radius 2 is 2.00 bits per heavy atom. The normalized spacial score (nSPS) is 17.4. The Labute approximate surface area is 111 Å². The van der Waals surface area contributed by atoms with Gasteiger partial charge in [0, 0.05) is 32.2 Å². The number of likely N-dealkylation sites (N-methyl/N-ethyl adjacent to an activating group) is 1. The van der Waals surface area contributed by atoms with Crippen molar-refractivity contribution in [3.8, 4) is 12.3 Å². The van der Waals surface area contributed by atoms with Crippen LogP contribution in [0.15, 0.2) is 0 Å². The lowest BCUT2D eigenvalue weighted by Gasteiger charge is -2.31. The second kappa shape index (κ2) is 8.12. The Balaban J connectivity index is 2.21. The smallest absolute Gasteiger partial charge is 0.236 e. The first-order valence-electron chi connectivity index (χ1n) is 6.88. The molecule has 102 valence electrons. The Bertz CT molecular complexity index is 286. The Morgan fingerprint density at radius 1 is 1.39 bits per heavy atom. The van der Waals surface area contributed by atoms with Gasteiger partial charge in [-0.2, -0.15) is 0 Å². The van der Waals surface area contributed by atoms with E-state index in [0.717, 1.165) is 45.6 Å². The summed E-state index contributed by atoms with van der Waals surface area (Å²) in [5.74, 6) is 2.88. The van der Waals surface area contributed by atoms with Crippen LogP contribution in [-0.4, -0.2) is 61.0 Å². The highest BCUT2D eigenvalue weighted by molar-refractivity contribution is 5.78. The summed E-state index contributed by atoms with van der Waals surface area (Å²) in [5, 5.41) is 3.36. The molecule has 0 aliphatic carbocycles. The summed E-state index contributed by atoms with van der Waals surface area (Å²) in [5.41, 5.74) is 0. The third-order valence-corrected chi connectivity index (χ3v) is 3.56. The Kier molecular flexibility index (Phi) is 6.77. The van der Waals surface area contributed by atoms with Crippen LogP contribution in [0, 0.1) is 12.3 Å². The van der Waals surface area contributed by atoms with Gasteiger partial charge in [0.2, 0.25) is 5.91 Å². The second-order valence-corrected chi connectivity index (χ2v) is 4.70. The third-order valence-electron chi connectivity index (χ3n) is 3.56. The van der Waals surface area contributed by atoms with Crippen molar-refractivity contribution in [1.82, 2.24) is 15.1 Å². The first-order valence-corrected chi connectivity index (χ1v) is 6.88. The van der Waals surface area contributed by atoms with Crippen LogP contribution in [0.1, 0.15) is 26.7 Å². The van der Waals surface area contributed by atoms with Gasteiger partial charge in [0.15, 0.2) is 0 Å². The summed E-state index contributed by atoms with van der Waals surface area (Å²) in [6.45, 7) is 8.86. The van der Waals surface area contributed by atoms with Gasteiger partial charge in [0.1, 0.15) is 0 Å². The standard InChI is InChI=1S/C14H25N3O/c1-4-9-16-10-7-13(8-11-16)15-12-14(18)17(5-2)6-3/h1,13,15H,5-12H2,2-3H3. The molecule has 18 heavy (non-hydrogen) atoms. The zero-order valence-electron chi connectivity index (χ0n) is 11.6. The first kappa shape index (κ1) is 15.0. The van der Waals surface area contributed by atoms with Gasteiger partial charge in [-0.05, 0) is 26.7 Å². The fraction of sp³-hybridized carbons (Fsp3) is 0.786. The van der Waals surface area contributed by atoms with E-state index >= 15 is 0 Å². The van der Waals surface area contributed by atoms with Crippen molar-refractivity contribution in [3.05, 3.63) is 0 Å². The van der Waals surface area contributed by atoms with Crippen LogP contribution in [0.3, 0.4) is 0 Å². The maximum absolute atomic E-state index is 11.8. The summed E-state index contributed by atoms with van der Waals surface area (Å²) in [7, 11) is 0. The quantitative estimate of drug-likeness (QED) is 0.700. The molecule has 4 heteroatoms. The minimum absolute atomic E-state index is 0.200. The number of hydrogen-bond acceptors (Lipinski definition) is 3. The van der Waals surface area contributed by atoms with E-state index in [-0.39, 0.29) is 5.91 Å². The summed E-state index contributed by atoms with van der Waals surface area (Å²) in [6, 6.07) is 0.457. The highest BCUT2D eigenvalue weighted by Gasteiger charge is 2.19. The van der Waals surface area contributed by atoms with E-state index in [0.29, 0.717) is 12.6 Å². The van der Waals surface area contributed by atoms with E-state index in [9.17, 15) is 4.79 Å². The molecule has 0 radical (unpaired) electrons. The lowest BCUT2D eigenvalue weighted by Crippen LogP contribution is -2.46. The maximum atomic E-state index is 11.8. The Hall–Kier alpha value is -1.05. The molecular formula is C14H25N3O. The number of piperidine rings is 1. The van der Waals surface area contributed by atoms with Crippen LogP contribution < -0.4 is 5.32 Å². The van der Waals surface area contributed by atoms with Crippen molar-refractivity contribution in [3.63, 3.8) is 0 Å². The van der Waals surface area contributed by atoms with Crippen LogP contribution in [0.5, 0.6) is 0 Å². The highest BCUT2D eigenvalue weighted by Crippen LogP contribution is 2.09. The molecule has 1 rings (SSSR count). The molecule has 0 aromatic rings. The van der Waals surface area contributed by atoms with Crippen LogP contribution in [-0.2, 0) is 4.79 Å². The zero-order valence-corrected chi connectivity index (χ0v) is 11.6. The number of likely N-dealkylation sites (tertiary alicyclic amines) is 1. The van der Waals surface area contributed by atoms with Crippen LogP contribution in [0.25, 0.3) is 0 Å². The highest BCUT2D eigenvalue weighted by atomic mass is 16.2. The molecule has 1 saturated heterocycles. The van der Waals surface area contributed by atoms with Crippen molar-refractivity contribution < 1.29 is 4.79 Å². The average molecular weight is 251 g/mol. The first-order chi connectivity index (χ1) is 8.71. The van der Waals surface area contributed by atoms with E-state index in [2.05, 4.69) is 16.1 Å². The average Bonchev–Trinajstić information content (AvgIpc) is 2.40. The molecule has 0 saturated carbocycles. The fourth-order valence-corrected chi connectivity index (χ4v) is 2.34. The summed E-state index contributed by atoms with van der Waals surface area (Å²) >= 11 is 0. The van der Waals surface area contributed by atoms with Gasteiger partial charge in [-0.15, -0.1) is 6.42 Å². The predicted octanol–water partition coefficient (Wildman–Crippen LogP) is 0.542. The number of rotatable bonds is 6. The number of carbonyl (C=O) groups is 1. The topological polar surface area (TPSA) is 35.6 Å². The molecule has 1 heterocycles. The molecule has 1 fully saturated rings. The molecule has 4 nitrogen and oxygen atoms in total. The third kappa shape index (κ3) is 4.67. The molecule has 1 aliphatic rings. The summed E-state index contributed by atoms with van der Waals surface area (Å²) < 4.78 is 0. The monoisotopic (exact) mass is 251 g/mol. The largest absolute Gasteiger partial charge is 0.342 e. The fourth-order valence-electron chi connectivity index (χ4n) is 2.34. The van der Waals surface area contributed by atoms with Gasteiger partial charge in [0.25, 0.3) is 0 Å². The minimum Gasteiger partial charge on any atom is -0.342 e. The van der Waals surface area contributed by atoms with E-state index in [1.54, 1.807) is 0 Å². The lowest BCUT2D eigenvalue weighted by molar-refractivity contribution is -0.130. The number of nitrogens with zero attached hydrogens (tertiary/aromatic N) is 2. The SMILES string of the molecule is C#CCN1CCC(NCC(=O)N(CC)CC)CC1. The molecule has 0 spiro atoms. The molecular weight excluding hydrogens is 226 g/mol. The zero-order chi connectivity index (χ0) is 13.4.